The summed E-state index contributed by atoms with van der Waals surface area (Å²) in [6.07, 6.45) is 1.09. The lowest BCUT2D eigenvalue weighted by atomic mass is 9.97. The van der Waals surface area contributed by atoms with Crippen molar-refractivity contribution in [1.82, 2.24) is 5.32 Å². The zero-order chi connectivity index (χ0) is 15.2. The van der Waals surface area contributed by atoms with Gasteiger partial charge in [-0.05, 0) is 43.1 Å². The standard InChI is InChI=1S/C18H22ClNO/c1-4-10-20-18(14-7-5-6-13(2)11-14)15-8-9-17(21-3)16(19)12-15/h5-9,11-12,18,20H,4,10H2,1-3H3. The lowest BCUT2D eigenvalue weighted by Gasteiger charge is -2.21. The zero-order valence-electron chi connectivity index (χ0n) is 12.8. The van der Waals surface area contributed by atoms with Crippen molar-refractivity contribution >= 4 is 11.6 Å². The van der Waals surface area contributed by atoms with Crippen molar-refractivity contribution in [3.8, 4) is 5.75 Å². The topological polar surface area (TPSA) is 21.3 Å². The Hall–Kier alpha value is -1.51. The van der Waals surface area contributed by atoms with Gasteiger partial charge < -0.3 is 10.1 Å². The average molecular weight is 304 g/mol. The number of hydrogen-bond acceptors (Lipinski definition) is 2. The lowest BCUT2D eigenvalue weighted by molar-refractivity contribution is 0.414. The fourth-order valence-corrected chi connectivity index (χ4v) is 2.69. The van der Waals surface area contributed by atoms with E-state index in [1.54, 1.807) is 7.11 Å². The van der Waals surface area contributed by atoms with Crippen LogP contribution in [0.3, 0.4) is 0 Å². The summed E-state index contributed by atoms with van der Waals surface area (Å²) in [5.41, 5.74) is 3.67. The summed E-state index contributed by atoms with van der Waals surface area (Å²) in [6.45, 7) is 5.24. The maximum atomic E-state index is 6.27. The van der Waals surface area contributed by atoms with Gasteiger partial charge in [0.1, 0.15) is 5.75 Å². The van der Waals surface area contributed by atoms with Crippen molar-refractivity contribution < 1.29 is 4.74 Å². The highest BCUT2D eigenvalue weighted by Gasteiger charge is 2.15. The molecule has 0 bridgehead atoms. The quantitative estimate of drug-likeness (QED) is 0.832. The minimum absolute atomic E-state index is 0.147. The second-order valence-electron chi connectivity index (χ2n) is 5.20. The van der Waals surface area contributed by atoms with Gasteiger partial charge in [0.05, 0.1) is 18.2 Å². The van der Waals surface area contributed by atoms with Gasteiger partial charge in [0.15, 0.2) is 0 Å². The van der Waals surface area contributed by atoms with E-state index >= 15 is 0 Å². The predicted molar refractivity (Wildman–Crippen MR) is 89.3 cm³/mol. The van der Waals surface area contributed by atoms with Crippen LogP contribution in [0.2, 0.25) is 5.02 Å². The number of ether oxygens (including phenoxy) is 1. The second kappa shape index (κ2) is 7.48. The third-order valence-electron chi connectivity index (χ3n) is 3.48. The molecule has 0 saturated carbocycles. The summed E-state index contributed by atoms with van der Waals surface area (Å²) in [5, 5.41) is 4.24. The minimum Gasteiger partial charge on any atom is -0.495 e. The fraction of sp³-hybridized carbons (Fsp3) is 0.333. The highest BCUT2D eigenvalue weighted by atomic mass is 35.5. The first-order chi connectivity index (χ1) is 10.2. The molecule has 0 heterocycles. The van der Waals surface area contributed by atoms with Gasteiger partial charge in [-0.2, -0.15) is 0 Å². The summed E-state index contributed by atoms with van der Waals surface area (Å²) in [5.74, 6) is 0.707. The zero-order valence-corrected chi connectivity index (χ0v) is 13.6. The SMILES string of the molecule is CCCNC(c1cccc(C)c1)c1ccc(OC)c(Cl)c1. The van der Waals surface area contributed by atoms with E-state index in [2.05, 4.69) is 49.5 Å². The van der Waals surface area contributed by atoms with Crippen LogP contribution in [0, 0.1) is 6.92 Å². The van der Waals surface area contributed by atoms with Gasteiger partial charge in [0.25, 0.3) is 0 Å². The number of methoxy groups -OCH3 is 1. The predicted octanol–water partition coefficient (Wildman–Crippen LogP) is 4.75. The molecule has 3 heteroatoms. The van der Waals surface area contributed by atoms with Gasteiger partial charge in [-0.15, -0.1) is 0 Å². The molecule has 0 radical (unpaired) electrons. The smallest absolute Gasteiger partial charge is 0.137 e. The van der Waals surface area contributed by atoms with Crippen LogP contribution in [0.4, 0.5) is 0 Å². The first-order valence-corrected chi connectivity index (χ1v) is 7.67. The molecule has 0 aliphatic carbocycles. The third kappa shape index (κ3) is 3.99. The molecular weight excluding hydrogens is 282 g/mol. The molecule has 2 aromatic carbocycles. The maximum absolute atomic E-state index is 6.27. The van der Waals surface area contributed by atoms with Crippen LogP contribution in [0.5, 0.6) is 5.75 Å². The van der Waals surface area contributed by atoms with E-state index in [9.17, 15) is 0 Å². The van der Waals surface area contributed by atoms with Crippen LogP contribution in [-0.2, 0) is 0 Å². The van der Waals surface area contributed by atoms with Gasteiger partial charge in [0.2, 0.25) is 0 Å². The van der Waals surface area contributed by atoms with Gasteiger partial charge in [-0.25, -0.2) is 0 Å². The first kappa shape index (κ1) is 15.9. The van der Waals surface area contributed by atoms with Gasteiger partial charge in [-0.1, -0.05) is 54.4 Å². The Morgan fingerprint density at radius 1 is 1.14 bits per heavy atom. The molecule has 0 aliphatic heterocycles. The Labute approximate surface area is 132 Å². The van der Waals surface area contributed by atoms with Gasteiger partial charge in [0, 0.05) is 0 Å². The molecule has 1 N–H and O–H groups in total. The number of hydrogen-bond donors (Lipinski definition) is 1. The minimum atomic E-state index is 0.147. The van der Waals surface area contributed by atoms with Crippen molar-refractivity contribution in [2.24, 2.45) is 0 Å². The van der Waals surface area contributed by atoms with Crippen molar-refractivity contribution in [2.45, 2.75) is 26.3 Å². The van der Waals surface area contributed by atoms with Crippen LogP contribution in [0.15, 0.2) is 42.5 Å². The van der Waals surface area contributed by atoms with Crippen LogP contribution in [0.25, 0.3) is 0 Å². The summed E-state index contributed by atoms with van der Waals surface area (Å²) < 4.78 is 5.23. The number of aryl methyl sites for hydroxylation is 1. The molecular formula is C18H22ClNO. The highest BCUT2D eigenvalue weighted by molar-refractivity contribution is 6.32. The largest absolute Gasteiger partial charge is 0.495 e. The molecule has 21 heavy (non-hydrogen) atoms. The summed E-state index contributed by atoms with van der Waals surface area (Å²) in [4.78, 5) is 0. The van der Waals surface area contributed by atoms with E-state index in [4.69, 9.17) is 16.3 Å². The highest BCUT2D eigenvalue weighted by Crippen LogP contribution is 2.30. The van der Waals surface area contributed by atoms with Crippen LogP contribution in [0.1, 0.15) is 36.1 Å². The molecule has 0 aliphatic rings. The van der Waals surface area contributed by atoms with Crippen LogP contribution in [-0.4, -0.2) is 13.7 Å². The molecule has 0 spiro atoms. The van der Waals surface area contributed by atoms with E-state index in [0.29, 0.717) is 10.8 Å². The van der Waals surface area contributed by atoms with E-state index in [1.807, 2.05) is 12.1 Å². The summed E-state index contributed by atoms with van der Waals surface area (Å²) >= 11 is 6.27. The molecule has 2 nitrogen and oxygen atoms in total. The van der Waals surface area contributed by atoms with Crippen LogP contribution < -0.4 is 10.1 Å². The molecule has 0 amide bonds. The summed E-state index contributed by atoms with van der Waals surface area (Å²) in [6, 6.07) is 14.7. The Balaban J connectivity index is 2.37. The van der Waals surface area contributed by atoms with Crippen molar-refractivity contribution in [3.63, 3.8) is 0 Å². The number of benzene rings is 2. The molecule has 0 aromatic heterocycles. The molecule has 2 aromatic rings. The first-order valence-electron chi connectivity index (χ1n) is 7.29. The van der Waals surface area contributed by atoms with Crippen molar-refractivity contribution in [2.75, 3.05) is 13.7 Å². The van der Waals surface area contributed by atoms with Gasteiger partial charge in [-0.3, -0.25) is 0 Å². The Morgan fingerprint density at radius 2 is 1.90 bits per heavy atom. The average Bonchev–Trinajstić information content (AvgIpc) is 2.48. The Bertz CT molecular complexity index is 598. The van der Waals surface area contributed by atoms with Crippen molar-refractivity contribution in [1.29, 1.82) is 0 Å². The van der Waals surface area contributed by atoms with Gasteiger partial charge >= 0.3 is 0 Å². The van der Waals surface area contributed by atoms with Crippen molar-refractivity contribution in [3.05, 3.63) is 64.2 Å². The third-order valence-corrected chi connectivity index (χ3v) is 3.78. The summed E-state index contributed by atoms with van der Waals surface area (Å²) in [7, 11) is 1.63. The van der Waals surface area contributed by atoms with E-state index in [0.717, 1.165) is 18.5 Å². The Kier molecular flexibility index (Phi) is 5.66. The van der Waals surface area contributed by atoms with E-state index in [1.165, 1.54) is 11.1 Å². The maximum Gasteiger partial charge on any atom is 0.137 e. The van der Waals surface area contributed by atoms with Crippen LogP contribution >= 0.6 is 11.6 Å². The molecule has 1 atom stereocenters. The second-order valence-corrected chi connectivity index (χ2v) is 5.60. The molecule has 0 fully saturated rings. The number of halogens is 1. The molecule has 2 rings (SSSR count). The number of rotatable bonds is 6. The Morgan fingerprint density at radius 3 is 2.52 bits per heavy atom. The lowest BCUT2D eigenvalue weighted by Crippen LogP contribution is -2.23. The van der Waals surface area contributed by atoms with E-state index < -0.39 is 0 Å². The fourth-order valence-electron chi connectivity index (χ4n) is 2.43. The van der Waals surface area contributed by atoms with E-state index in [-0.39, 0.29) is 6.04 Å². The monoisotopic (exact) mass is 303 g/mol. The molecule has 112 valence electrons. The molecule has 1 unspecified atom stereocenters. The molecule has 0 saturated heterocycles. The normalized spacial score (nSPS) is 12.2. The number of nitrogens with one attached hydrogen (secondary N) is 1.